The number of carbonyl (C=O) groups excluding carboxylic acids is 2. The topological polar surface area (TPSA) is 124 Å². The minimum atomic E-state index is -4.07. The van der Waals surface area contributed by atoms with Gasteiger partial charge < -0.3 is 11.5 Å². The van der Waals surface area contributed by atoms with E-state index in [4.69, 9.17) is 11.5 Å². The van der Waals surface area contributed by atoms with Crippen molar-refractivity contribution in [3.05, 3.63) is 28.3 Å². The molecule has 1 aromatic carbocycles. The van der Waals surface area contributed by atoms with Gasteiger partial charge in [0.25, 0.3) is 0 Å². The lowest BCUT2D eigenvalue weighted by Gasteiger charge is -2.23. The molecule has 2 amide bonds. The minimum Gasteiger partial charge on any atom is -0.369 e. The highest BCUT2D eigenvalue weighted by molar-refractivity contribution is 7.89. The molecule has 0 unspecified atom stereocenters. The smallest absolute Gasteiger partial charge is 0.244 e. The van der Waals surface area contributed by atoms with Crippen LogP contribution in [0, 0.1) is 27.7 Å². The number of aryl methyl sites for hydroxylation is 2. The van der Waals surface area contributed by atoms with Crippen LogP contribution in [-0.2, 0) is 19.6 Å². The van der Waals surface area contributed by atoms with Gasteiger partial charge in [-0.3, -0.25) is 9.59 Å². The largest absolute Gasteiger partial charge is 0.369 e. The van der Waals surface area contributed by atoms with E-state index >= 15 is 0 Å². The minimum absolute atomic E-state index is 0.0903. The van der Waals surface area contributed by atoms with Crippen molar-refractivity contribution in [1.29, 1.82) is 0 Å². The van der Waals surface area contributed by atoms with E-state index in [0.717, 1.165) is 11.1 Å². The average Bonchev–Trinajstić information content (AvgIpc) is 2.34. The molecular formula is C14H21N3O4S. The van der Waals surface area contributed by atoms with E-state index in [2.05, 4.69) is 0 Å². The number of hydrogen-bond acceptors (Lipinski definition) is 4. The number of carbonyl (C=O) groups is 2. The highest BCUT2D eigenvalue weighted by atomic mass is 32.2. The Kier molecular flexibility index (Phi) is 5.31. The molecule has 1 aromatic rings. The molecule has 0 bridgehead atoms. The fraction of sp³-hybridized carbons (Fsp3) is 0.429. The quantitative estimate of drug-likeness (QED) is 0.756. The van der Waals surface area contributed by atoms with E-state index in [9.17, 15) is 18.0 Å². The molecule has 0 aliphatic carbocycles. The molecule has 0 aromatic heterocycles. The summed E-state index contributed by atoms with van der Waals surface area (Å²) < 4.78 is 26.4. The Labute approximate surface area is 130 Å². The third kappa shape index (κ3) is 3.63. The van der Waals surface area contributed by atoms with Gasteiger partial charge in [0.15, 0.2) is 0 Å². The Bertz CT molecular complexity index is 684. The maximum Gasteiger partial charge on any atom is 0.244 e. The van der Waals surface area contributed by atoms with Crippen LogP contribution in [0.3, 0.4) is 0 Å². The van der Waals surface area contributed by atoms with Crippen LogP contribution >= 0.6 is 0 Å². The van der Waals surface area contributed by atoms with Crippen molar-refractivity contribution in [1.82, 2.24) is 4.31 Å². The van der Waals surface area contributed by atoms with Crippen LogP contribution in [-0.4, -0.2) is 37.6 Å². The summed E-state index contributed by atoms with van der Waals surface area (Å²) in [6, 6.07) is 1.89. The van der Waals surface area contributed by atoms with Crippen molar-refractivity contribution < 1.29 is 18.0 Å². The van der Waals surface area contributed by atoms with Gasteiger partial charge in [0.1, 0.15) is 0 Å². The van der Waals surface area contributed by atoms with Crippen LogP contribution in [0.25, 0.3) is 0 Å². The lowest BCUT2D eigenvalue weighted by atomic mass is 10.0. The third-order valence-electron chi connectivity index (χ3n) is 3.56. The van der Waals surface area contributed by atoms with Crippen molar-refractivity contribution in [2.24, 2.45) is 11.5 Å². The van der Waals surface area contributed by atoms with Crippen molar-refractivity contribution in [2.75, 3.05) is 13.1 Å². The molecule has 7 nitrogen and oxygen atoms in total. The first-order valence-corrected chi connectivity index (χ1v) is 8.06. The fourth-order valence-corrected chi connectivity index (χ4v) is 4.22. The van der Waals surface area contributed by atoms with E-state index in [1.807, 2.05) is 6.07 Å². The van der Waals surface area contributed by atoms with Gasteiger partial charge in [0.2, 0.25) is 21.8 Å². The van der Waals surface area contributed by atoms with Gasteiger partial charge >= 0.3 is 0 Å². The van der Waals surface area contributed by atoms with Crippen molar-refractivity contribution in [3.63, 3.8) is 0 Å². The van der Waals surface area contributed by atoms with Crippen LogP contribution in [0.5, 0.6) is 0 Å². The van der Waals surface area contributed by atoms with Gasteiger partial charge in [-0.2, -0.15) is 4.31 Å². The van der Waals surface area contributed by atoms with Crippen LogP contribution < -0.4 is 11.5 Å². The molecule has 0 heterocycles. The molecule has 0 aliphatic heterocycles. The van der Waals surface area contributed by atoms with Crippen LogP contribution in [0.4, 0.5) is 0 Å². The molecule has 0 fully saturated rings. The summed E-state index contributed by atoms with van der Waals surface area (Å²) >= 11 is 0. The molecule has 0 radical (unpaired) electrons. The second kappa shape index (κ2) is 6.45. The summed E-state index contributed by atoms with van der Waals surface area (Å²) in [6.07, 6.45) is 0. The number of rotatable bonds is 6. The maximum atomic E-state index is 12.9. The molecule has 1 rings (SSSR count). The lowest BCUT2D eigenvalue weighted by molar-refractivity contribution is -0.120. The van der Waals surface area contributed by atoms with Gasteiger partial charge in [-0.15, -0.1) is 0 Å². The van der Waals surface area contributed by atoms with Crippen LogP contribution in [0.2, 0.25) is 0 Å². The molecule has 4 N–H and O–H groups in total. The van der Waals surface area contributed by atoms with E-state index in [1.165, 1.54) is 0 Å². The summed E-state index contributed by atoms with van der Waals surface area (Å²) in [5.41, 5.74) is 12.9. The number of amides is 2. The molecule has 8 heteroatoms. The molecule has 0 saturated carbocycles. The summed E-state index contributed by atoms with van der Waals surface area (Å²) in [4.78, 5) is 22.4. The van der Waals surface area contributed by atoms with E-state index in [1.54, 1.807) is 27.7 Å². The highest BCUT2D eigenvalue weighted by Gasteiger charge is 2.31. The molecular weight excluding hydrogens is 306 g/mol. The average molecular weight is 327 g/mol. The number of nitrogens with zero attached hydrogens (tertiary/aromatic N) is 1. The molecule has 0 aliphatic rings. The molecule has 0 spiro atoms. The summed E-state index contributed by atoms with van der Waals surface area (Å²) in [5.74, 6) is -1.71. The number of primary amides is 2. The first kappa shape index (κ1) is 18.1. The summed E-state index contributed by atoms with van der Waals surface area (Å²) in [5, 5.41) is 0. The Morgan fingerprint density at radius 3 is 1.64 bits per heavy atom. The molecule has 22 heavy (non-hydrogen) atoms. The van der Waals surface area contributed by atoms with Gasteiger partial charge in [-0.1, -0.05) is 6.07 Å². The van der Waals surface area contributed by atoms with Crippen LogP contribution in [0.15, 0.2) is 11.0 Å². The van der Waals surface area contributed by atoms with Gasteiger partial charge in [-0.05, 0) is 49.9 Å². The SMILES string of the molecule is Cc1cc(C)c(C)c(S(=O)(=O)N(CC(N)=O)CC(N)=O)c1C. The van der Waals surface area contributed by atoms with E-state index in [-0.39, 0.29) is 4.90 Å². The Morgan fingerprint density at radius 1 is 0.955 bits per heavy atom. The number of nitrogens with two attached hydrogens (primary N) is 2. The van der Waals surface area contributed by atoms with Gasteiger partial charge in [0.05, 0.1) is 18.0 Å². The molecule has 122 valence electrons. The first-order chi connectivity index (χ1) is 9.98. The lowest BCUT2D eigenvalue weighted by Crippen LogP contribution is -2.43. The Hall–Kier alpha value is -1.93. The predicted octanol–water partition coefficient (Wildman–Crippen LogP) is -0.118. The number of sulfonamides is 1. The van der Waals surface area contributed by atoms with E-state index < -0.39 is 34.9 Å². The van der Waals surface area contributed by atoms with Crippen LogP contribution in [0.1, 0.15) is 22.3 Å². The van der Waals surface area contributed by atoms with Gasteiger partial charge in [0, 0.05) is 0 Å². The third-order valence-corrected chi connectivity index (χ3v) is 5.63. The first-order valence-electron chi connectivity index (χ1n) is 6.62. The number of hydrogen-bond donors (Lipinski definition) is 2. The highest BCUT2D eigenvalue weighted by Crippen LogP contribution is 2.28. The zero-order valence-electron chi connectivity index (χ0n) is 13.1. The van der Waals surface area contributed by atoms with Gasteiger partial charge in [-0.25, -0.2) is 8.42 Å². The monoisotopic (exact) mass is 327 g/mol. The second-order valence-corrected chi connectivity index (χ2v) is 7.17. The summed E-state index contributed by atoms with van der Waals surface area (Å²) in [6.45, 7) is 5.76. The van der Waals surface area contributed by atoms with Crippen molar-refractivity contribution in [3.8, 4) is 0 Å². The zero-order chi connectivity index (χ0) is 17.2. The normalized spacial score (nSPS) is 11.7. The molecule has 0 atom stereocenters. The Balaban J connectivity index is 3.56. The Morgan fingerprint density at radius 2 is 1.32 bits per heavy atom. The summed E-state index contributed by atoms with van der Waals surface area (Å²) in [7, 11) is -4.07. The molecule has 0 saturated heterocycles. The zero-order valence-corrected chi connectivity index (χ0v) is 14.0. The standard InChI is InChI=1S/C14H21N3O4S/c1-8-5-9(2)11(4)14(10(8)3)22(20,21)17(6-12(15)18)7-13(16)19/h5H,6-7H2,1-4H3,(H2,15,18)(H2,16,19). The van der Waals surface area contributed by atoms with Crippen molar-refractivity contribution in [2.45, 2.75) is 32.6 Å². The predicted molar refractivity (Wildman–Crippen MR) is 82.5 cm³/mol. The maximum absolute atomic E-state index is 12.9. The second-order valence-electron chi connectivity index (χ2n) is 5.30. The van der Waals surface area contributed by atoms with E-state index in [0.29, 0.717) is 15.4 Å². The number of benzene rings is 1. The fourth-order valence-electron chi connectivity index (χ4n) is 2.27. The van der Waals surface area contributed by atoms with Crippen molar-refractivity contribution >= 4 is 21.8 Å².